The molecule has 2 atom stereocenters. The zero-order valence-corrected chi connectivity index (χ0v) is 16.1. The Bertz CT molecular complexity index is 686. The van der Waals surface area contributed by atoms with Gasteiger partial charge in [0.2, 0.25) is 0 Å². The number of rotatable bonds is 6. The van der Waals surface area contributed by atoms with Gasteiger partial charge in [0.1, 0.15) is 5.82 Å². The summed E-state index contributed by atoms with van der Waals surface area (Å²) >= 11 is 0. The summed E-state index contributed by atoms with van der Waals surface area (Å²) in [6, 6.07) is 19.2. The van der Waals surface area contributed by atoms with Crippen molar-refractivity contribution in [1.29, 1.82) is 0 Å². The molecule has 1 N–H and O–H groups in total. The fourth-order valence-corrected chi connectivity index (χ4v) is 4.86. The van der Waals surface area contributed by atoms with Crippen LogP contribution >= 0.6 is 0 Å². The Kier molecular flexibility index (Phi) is 6.21. The third-order valence-corrected chi connectivity index (χ3v) is 6.41. The van der Waals surface area contributed by atoms with E-state index in [0.29, 0.717) is 12.1 Å². The van der Waals surface area contributed by atoms with Gasteiger partial charge in [0.25, 0.3) is 0 Å². The maximum absolute atomic E-state index is 13.1. The summed E-state index contributed by atoms with van der Waals surface area (Å²) in [5, 5.41) is 3.75. The van der Waals surface area contributed by atoms with Gasteiger partial charge in [-0.3, -0.25) is 4.90 Å². The minimum atomic E-state index is -0.138. The minimum absolute atomic E-state index is 0.138. The first kappa shape index (κ1) is 18.6. The molecule has 2 aliphatic heterocycles. The molecule has 2 fully saturated rings. The monoisotopic (exact) mass is 366 g/mol. The average molecular weight is 367 g/mol. The van der Waals surface area contributed by atoms with Gasteiger partial charge in [-0.1, -0.05) is 42.5 Å². The van der Waals surface area contributed by atoms with Gasteiger partial charge in [0.05, 0.1) is 0 Å². The first-order chi connectivity index (χ1) is 13.3. The molecule has 2 unspecified atom stereocenters. The standard InChI is InChI=1S/C24H31FN2/c25-22-10-8-20(9-11-22)17-21-12-15-27(16-13-21)24(23-7-4-14-26-23)18-19-5-2-1-3-6-19/h1-3,5-6,8-11,21,23-24,26H,4,7,12-18H2. The first-order valence-corrected chi connectivity index (χ1v) is 10.5. The summed E-state index contributed by atoms with van der Waals surface area (Å²) in [5.41, 5.74) is 2.72. The lowest BCUT2D eigenvalue weighted by Crippen LogP contribution is -2.51. The Balaban J connectivity index is 1.36. The number of hydrogen-bond acceptors (Lipinski definition) is 2. The number of benzene rings is 2. The van der Waals surface area contributed by atoms with E-state index in [4.69, 9.17) is 0 Å². The zero-order chi connectivity index (χ0) is 18.5. The average Bonchev–Trinajstić information content (AvgIpc) is 3.24. The lowest BCUT2D eigenvalue weighted by molar-refractivity contribution is 0.110. The van der Waals surface area contributed by atoms with Crippen LogP contribution in [0.3, 0.4) is 0 Å². The van der Waals surface area contributed by atoms with Crippen LogP contribution in [-0.4, -0.2) is 36.6 Å². The van der Waals surface area contributed by atoms with Crippen molar-refractivity contribution in [2.24, 2.45) is 5.92 Å². The Hall–Kier alpha value is -1.71. The highest BCUT2D eigenvalue weighted by Gasteiger charge is 2.32. The zero-order valence-electron chi connectivity index (χ0n) is 16.1. The van der Waals surface area contributed by atoms with Crippen LogP contribution in [-0.2, 0) is 12.8 Å². The highest BCUT2D eigenvalue weighted by molar-refractivity contribution is 5.18. The molecule has 2 aromatic rings. The molecule has 27 heavy (non-hydrogen) atoms. The van der Waals surface area contributed by atoms with Gasteiger partial charge in [-0.15, -0.1) is 0 Å². The minimum Gasteiger partial charge on any atom is -0.312 e. The van der Waals surface area contributed by atoms with Crippen molar-refractivity contribution in [2.45, 2.75) is 50.6 Å². The molecule has 0 amide bonds. The van der Waals surface area contributed by atoms with Crippen LogP contribution < -0.4 is 5.32 Å². The molecule has 144 valence electrons. The summed E-state index contributed by atoms with van der Waals surface area (Å²) in [5.74, 6) is 0.585. The van der Waals surface area contributed by atoms with E-state index in [1.807, 2.05) is 12.1 Å². The molecule has 3 heteroatoms. The number of nitrogens with zero attached hydrogens (tertiary/aromatic N) is 1. The Morgan fingerprint density at radius 1 is 0.926 bits per heavy atom. The molecule has 0 radical (unpaired) electrons. The molecule has 2 saturated heterocycles. The topological polar surface area (TPSA) is 15.3 Å². The third-order valence-electron chi connectivity index (χ3n) is 6.41. The van der Waals surface area contributed by atoms with Crippen molar-refractivity contribution in [1.82, 2.24) is 10.2 Å². The van der Waals surface area contributed by atoms with E-state index in [2.05, 4.69) is 40.5 Å². The van der Waals surface area contributed by atoms with Crippen LogP contribution in [0.25, 0.3) is 0 Å². The maximum atomic E-state index is 13.1. The van der Waals surface area contributed by atoms with Crippen molar-refractivity contribution in [3.8, 4) is 0 Å². The number of likely N-dealkylation sites (tertiary alicyclic amines) is 1. The maximum Gasteiger partial charge on any atom is 0.123 e. The second kappa shape index (κ2) is 8.99. The highest BCUT2D eigenvalue weighted by Crippen LogP contribution is 2.27. The molecular formula is C24H31FN2. The van der Waals surface area contributed by atoms with Gasteiger partial charge in [0.15, 0.2) is 0 Å². The second-order valence-corrected chi connectivity index (χ2v) is 8.27. The quantitative estimate of drug-likeness (QED) is 0.813. The predicted octanol–water partition coefficient (Wildman–Crippen LogP) is 4.44. The van der Waals surface area contributed by atoms with E-state index in [9.17, 15) is 4.39 Å². The SMILES string of the molecule is Fc1ccc(CC2CCN(C(Cc3ccccc3)C3CCCN3)CC2)cc1. The Morgan fingerprint density at radius 3 is 2.33 bits per heavy atom. The summed E-state index contributed by atoms with van der Waals surface area (Å²) in [7, 11) is 0. The predicted molar refractivity (Wildman–Crippen MR) is 109 cm³/mol. The third kappa shape index (κ3) is 4.97. The molecule has 0 aliphatic carbocycles. The number of nitrogens with one attached hydrogen (secondary N) is 1. The van der Waals surface area contributed by atoms with Crippen LogP contribution in [0.4, 0.5) is 4.39 Å². The smallest absolute Gasteiger partial charge is 0.123 e. The second-order valence-electron chi connectivity index (χ2n) is 8.27. The van der Waals surface area contributed by atoms with Crippen LogP contribution in [0.15, 0.2) is 54.6 Å². The Morgan fingerprint density at radius 2 is 1.67 bits per heavy atom. The van der Waals surface area contributed by atoms with Crippen molar-refractivity contribution in [2.75, 3.05) is 19.6 Å². The van der Waals surface area contributed by atoms with E-state index in [-0.39, 0.29) is 5.82 Å². The largest absolute Gasteiger partial charge is 0.312 e. The fraction of sp³-hybridized carbons (Fsp3) is 0.500. The molecule has 2 nitrogen and oxygen atoms in total. The summed E-state index contributed by atoms with van der Waals surface area (Å²) in [6.07, 6.45) is 7.31. The van der Waals surface area contributed by atoms with Gasteiger partial charge < -0.3 is 5.32 Å². The van der Waals surface area contributed by atoms with Crippen LogP contribution in [0, 0.1) is 11.7 Å². The van der Waals surface area contributed by atoms with E-state index in [1.54, 1.807) is 12.1 Å². The van der Waals surface area contributed by atoms with Crippen LogP contribution in [0.5, 0.6) is 0 Å². The molecule has 0 spiro atoms. The van der Waals surface area contributed by atoms with Crippen molar-refractivity contribution in [3.05, 3.63) is 71.5 Å². The number of halogens is 1. The molecule has 0 bridgehead atoms. The first-order valence-electron chi connectivity index (χ1n) is 10.5. The van der Waals surface area contributed by atoms with Gasteiger partial charge in [0, 0.05) is 12.1 Å². The van der Waals surface area contributed by atoms with E-state index in [0.717, 1.165) is 25.3 Å². The lowest BCUT2D eigenvalue weighted by atomic mass is 9.87. The molecule has 4 rings (SSSR count). The lowest BCUT2D eigenvalue weighted by Gasteiger charge is -2.40. The van der Waals surface area contributed by atoms with Gasteiger partial charge >= 0.3 is 0 Å². The molecule has 2 aliphatic rings. The van der Waals surface area contributed by atoms with E-state index >= 15 is 0 Å². The number of piperidine rings is 1. The molecule has 2 heterocycles. The van der Waals surface area contributed by atoms with E-state index < -0.39 is 0 Å². The van der Waals surface area contributed by atoms with E-state index in [1.165, 1.54) is 49.9 Å². The highest BCUT2D eigenvalue weighted by atomic mass is 19.1. The van der Waals surface area contributed by atoms with Gasteiger partial charge in [-0.05, 0) is 87.3 Å². The molecule has 0 saturated carbocycles. The summed E-state index contributed by atoms with van der Waals surface area (Å²) in [4.78, 5) is 2.73. The molecule has 0 aromatic heterocycles. The summed E-state index contributed by atoms with van der Waals surface area (Å²) < 4.78 is 13.1. The van der Waals surface area contributed by atoms with Crippen molar-refractivity contribution in [3.63, 3.8) is 0 Å². The van der Waals surface area contributed by atoms with Crippen LogP contribution in [0.2, 0.25) is 0 Å². The summed E-state index contributed by atoms with van der Waals surface area (Å²) in [6.45, 7) is 3.53. The normalized spacial score (nSPS) is 22.8. The molecular weight excluding hydrogens is 335 g/mol. The van der Waals surface area contributed by atoms with Crippen molar-refractivity contribution < 1.29 is 4.39 Å². The number of hydrogen-bond donors (Lipinski definition) is 1. The van der Waals surface area contributed by atoms with Gasteiger partial charge in [-0.25, -0.2) is 4.39 Å². The van der Waals surface area contributed by atoms with Crippen molar-refractivity contribution >= 4 is 0 Å². The Labute approximate surface area is 162 Å². The van der Waals surface area contributed by atoms with Gasteiger partial charge in [-0.2, -0.15) is 0 Å². The molecule has 2 aromatic carbocycles. The van der Waals surface area contributed by atoms with Crippen LogP contribution in [0.1, 0.15) is 36.8 Å². The fourth-order valence-electron chi connectivity index (χ4n) is 4.86.